The highest BCUT2D eigenvalue weighted by Crippen LogP contribution is 2.39. The van der Waals surface area contributed by atoms with E-state index in [1.807, 2.05) is 6.07 Å². The third-order valence-electron chi connectivity index (χ3n) is 4.64. The van der Waals surface area contributed by atoms with Crippen molar-refractivity contribution < 1.29 is 37.0 Å². The molecule has 0 radical (unpaired) electrons. The summed E-state index contributed by atoms with van der Waals surface area (Å²) in [6.07, 6.45) is -4.66. The zero-order valence-corrected chi connectivity index (χ0v) is 17.9. The standard InChI is InChI=1S/C24H17F3N2O5/c1-32-22(30)16-5-3-4-6-20(16)34-21-10-8-15(24(25,26)27)12-19(21)29-18-9-7-14(13-28)11-17(18)23(31)33-2/h3-12,29H,1-2H3. The van der Waals surface area contributed by atoms with Gasteiger partial charge in [0.1, 0.15) is 11.3 Å². The Balaban J connectivity index is 2.12. The highest BCUT2D eigenvalue weighted by atomic mass is 19.4. The molecular formula is C24H17F3N2O5. The fourth-order valence-corrected chi connectivity index (χ4v) is 2.99. The minimum Gasteiger partial charge on any atom is -0.465 e. The monoisotopic (exact) mass is 470 g/mol. The van der Waals surface area contributed by atoms with Crippen LogP contribution in [0.1, 0.15) is 31.8 Å². The van der Waals surface area contributed by atoms with Crippen molar-refractivity contribution >= 4 is 23.3 Å². The number of hydrogen-bond donors (Lipinski definition) is 1. The molecule has 0 amide bonds. The molecule has 0 aliphatic rings. The van der Waals surface area contributed by atoms with Gasteiger partial charge in [0.2, 0.25) is 0 Å². The van der Waals surface area contributed by atoms with Crippen LogP contribution in [0.15, 0.2) is 60.7 Å². The lowest BCUT2D eigenvalue weighted by Gasteiger charge is -2.18. The van der Waals surface area contributed by atoms with Gasteiger partial charge in [0.05, 0.1) is 48.4 Å². The van der Waals surface area contributed by atoms with Crippen molar-refractivity contribution in [1.82, 2.24) is 0 Å². The molecule has 0 aliphatic carbocycles. The van der Waals surface area contributed by atoms with E-state index in [0.717, 1.165) is 25.3 Å². The van der Waals surface area contributed by atoms with Crippen LogP contribution in [0.3, 0.4) is 0 Å². The van der Waals surface area contributed by atoms with Crippen molar-refractivity contribution in [3.8, 4) is 17.6 Å². The number of ether oxygens (including phenoxy) is 3. The van der Waals surface area contributed by atoms with E-state index >= 15 is 0 Å². The van der Waals surface area contributed by atoms with Gasteiger partial charge in [0.25, 0.3) is 0 Å². The predicted octanol–water partition coefficient (Wildman–Crippen LogP) is 5.69. The topological polar surface area (TPSA) is 97.7 Å². The van der Waals surface area contributed by atoms with Gasteiger partial charge in [-0.3, -0.25) is 0 Å². The molecule has 10 heteroatoms. The molecule has 3 aromatic rings. The summed E-state index contributed by atoms with van der Waals surface area (Å²) in [6, 6.07) is 14.6. The van der Waals surface area contributed by atoms with Gasteiger partial charge in [-0.2, -0.15) is 18.4 Å². The maximum absolute atomic E-state index is 13.4. The largest absolute Gasteiger partial charge is 0.465 e. The average Bonchev–Trinajstić information content (AvgIpc) is 2.84. The summed E-state index contributed by atoms with van der Waals surface area (Å²) < 4.78 is 55.4. The number of carbonyl (C=O) groups is 2. The predicted molar refractivity (Wildman–Crippen MR) is 115 cm³/mol. The minimum absolute atomic E-state index is 0.0465. The van der Waals surface area contributed by atoms with Crippen LogP contribution >= 0.6 is 0 Å². The molecule has 7 nitrogen and oxygen atoms in total. The van der Waals surface area contributed by atoms with Gasteiger partial charge >= 0.3 is 18.1 Å². The van der Waals surface area contributed by atoms with Gasteiger partial charge in [0, 0.05) is 0 Å². The summed E-state index contributed by atoms with van der Waals surface area (Å²) in [7, 11) is 2.32. The molecular weight excluding hydrogens is 453 g/mol. The molecule has 174 valence electrons. The van der Waals surface area contributed by atoms with Crippen LogP contribution in [0.5, 0.6) is 11.5 Å². The van der Waals surface area contributed by atoms with Gasteiger partial charge in [-0.15, -0.1) is 0 Å². The molecule has 0 aromatic heterocycles. The van der Waals surface area contributed by atoms with E-state index in [2.05, 4.69) is 5.32 Å². The fraction of sp³-hybridized carbons (Fsp3) is 0.125. The lowest BCUT2D eigenvalue weighted by molar-refractivity contribution is -0.137. The number of para-hydroxylation sites is 1. The van der Waals surface area contributed by atoms with E-state index in [9.17, 15) is 22.8 Å². The number of alkyl halides is 3. The molecule has 0 fully saturated rings. The van der Waals surface area contributed by atoms with E-state index in [4.69, 9.17) is 19.5 Å². The number of rotatable bonds is 6. The van der Waals surface area contributed by atoms with Gasteiger partial charge in [-0.05, 0) is 48.5 Å². The zero-order valence-electron chi connectivity index (χ0n) is 17.9. The quantitative estimate of drug-likeness (QED) is 0.463. The molecule has 0 saturated carbocycles. The first kappa shape index (κ1) is 24.1. The lowest BCUT2D eigenvalue weighted by Crippen LogP contribution is -2.09. The first-order valence-corrected chi connectivity index (χ1v) is 9.64. The molecule has 1 N–H and O–H groups in total. The van der Waals surface area contributed by atoms with E-state index in [1.165, 1.54) is 37.4 Å². The second-order valence-corrected chi connectivity index (χ2v) is 6.79. The average molecular weight is 470 g/mol. The van der Waals surface area contributed by atoms with Crippen molar-refractivity contribution in [2.45, 2.75) is 6.18 Å². The molecule has 3 aromatic carbocycles. The molecule has 0 spiro atoms. The Morgan fingerprint density at radius 3 is 2.18 bits per heavy atom. The third kappa shape index (κ3) is 5.27. The summed E-state index contributed by atoms with van der Waals surface area (Å²) in [5.74, 6) is -1.52. The number of methoxy groups -OCH3 is 2. The lowest BCUT2D eigenvalue weighted by atomic mass is 10.1. The van der Waals surface area contributed by atoms with Crippen LogP contribution in [-0.2, 0) is 15.7 Å². The Labute approximate surface area is 192 Å². The summed E-state index contributed by atoms with van der Waals surface area (Å²) in [5.41, 5.74) is -0.902. The van der Waals surface area contributed by atoms with E-state index in [0.29, 0.717) is 0 Å². The number of carbonyl (C=O) groups excluding carboxylic acids is 2. The van der Waals surface area contributed by atoms with Gasteiger partial charge in [0.15, 0.2) is 5.75 Å². The number of hydrogen-bond acceptors (Lipinski definition) is 7. The van der Waals surface area contributed by atoms with Crippen LogP contribution < -0.4 is 10.1 Å². The normalized spacial score (nSPS) is 10.7. The van der Waals surface area contributed by atoms with Gasteiger partial charge in [-0.25, -0.2) is 9.59 Å². The van der Waals surface area contributed by atoms with Crippen LogP contribution in [0.4, 0.5) is 24.5 Å². The SMILES string of the molecule is COC(=O)c1cc(C#N)ccc1Nc1cc(C(F)(F)F)ccc1Oc1ccccc1C(=O)OC. The number of anilines is 2. The first-order valence-electron chi connectivity index (χ1n) is 9.64. The molecule has 3 rings (SSSR count). The van der Waals surface area contributed by atoms with Crippen molar-refractivity contribution in [1.29, 1.82) is 5.26 Å². The molecule has 0 heterocycles. The number of nitriles is 1. The van der Waals surface area contributed by atoms with Crippen molar-refractivity contribution in [3.63, 3.8) is 0 Å². The van der Waals surface area contributed by atoms with Crippen molar-refractivity contribution in [2.75, 3.05) is 19.5 Å². The highest BCUT2D eigenvalue weighted by molar-refractivity contribution is 5.97. The summed E-state index contributed by atoms with van der Waals surface area (Å²) in [5, 5.41) is 11.9. The number of halogens is 3. The number of nitrogens with one attached hydrogen (secondary N) is 1. The third-order valence-corrected chi connectivity index (χ3v) is 4.64. The van der Waals surface area contributed by atoms with Crippen molar-refractivity contribution in [3.05, 3.63) is 82.9 Å². The minimum atomic E-state index is -4.66. The summed E-state index contributed by atoms with van der Waals surface area (Å²) >= 11 is 0. The molecule has 34 heavy (non-hydrogen) atoms. The van der Waals surface area contributed by atoms with Crippen LogP contribution in [0.2, 0.25) is 0 Å². The van der Waals surface area contributed by atoms with Gasteiger partial charge < -0.3 is 19.5 Å². The van der Waals surface area contributed by atoms with Crippen LogP contribution in [0.25, 0.3) is 0 Å². The second-order valence-electron chi connectivity index (χ2n) is 6.79. The Bertz CT molecular complexity index is 1280. The smallest absolute Gasteiger partial charge is 0.416 e. The summed E-state index contributed by atoms with van der Waals surface area (Å²) in [6.45, 7) is 0. The van der Waals surface area contributed by atoms with Crippen molar-refractivity contribution in [2.24, 2.45) is 0 Å². The van der Waals surface area contributed by atoms with Gasteiger partial charge in [-0.1, -0.05) is 12.1 Å². The Hall–Kier alpha value is -4.52. The Morgan fingerprint density at radius 1 is 0.853 bits per heavy atom. The number of esters is 2. The highest BCUT2D eigenvalue weighted by Gasteiger charge is 2.31. The molecule has 0 atom stereocenters. The molecule has 0 bridgehead atoms. The zero-order chi connectivity index (χ0) is 24.9. The molecule has 0 aliphatic heterocycles. The Kier molecular flexibility index (Phi) is 7.06. The number of benzene rings is 3. The van der Waals surface area contributed by atoms with E-state index in [1.54, 1.807) is 12.1 Å². The number of nitrogens with zero attached hydrogens (tertiary/aromatic N) is 1. The maximum atomic E-state index is 13.4. The second kappa shape index (κ2) is 9.95. The summed E-state index contributed by atoms with van der Waals surface area (Å²) in [4.78, 5) is 24.3. The maximum Gasteiger partial charge on any atom is 0.416 e. The van der Waals surface area contributed by atoms with Crippen LogP contribution in [-0.4, -0.2) is 26.2 Å². The molecule has 0 saturated heterocycles. The first-order chi connectivity index (χ1) is 16.2. The van der Waals surface area contributed by atoms with Crippen LogP contribution in [0, 0.1) is 11.3 Å². The Morgan fingerprint density at radius 2 is 1.53 bits per heavy atom. The van der Waals surface area contributed by atoms with E-state index < -0.39 is 23.7 Å². The fourth-order valence-electron chi connectivity index (χ4n) is 2.99. The molecule has 0 unspecified atom stereocenters. The van der Waals surface area contributed by atoms with E-state index in [-0.39, 0.29) is 39.6 Å².